The van der Waals surface area contributed by atoms with E-state index < -0.39 is 5.92 Å². The third kappa shape index (κ3) is 4.22. The molecule has 1 atom stereocenters. The van der Waals surface area contributed by atoms with Crippen molar-refractivity contribution in [3.8, 4) is 17.6 Å². The molecule has 1 heterocycles. The summed E-state index contributed by atoms with van der Waals surface area (Å²) < 4.78 is 17.8. The molecule has 0 unspecified atom stereocenters. The molecule has 0 bridgehead atoms. The molecule has 0 aromatic heterocycles. The van der Waals surface area contributed by atoms with Gasteiger partial charge in [0, 0.05) is 18.4 Å². The van der Waals surface area contributed by atoms with Crippen LogP contribution in [-0.4, -0.2) is 12.4 Å². The minimum Gasteiger partial charge on any atom is -0.490 e. The molecule has 0 amide bonds. The highest BCUT2D eigenvalue weighted by atomic mass is 16.5. The van der Waals surface area contributed by atoms with Crippen LogP contribution in [0.25, 0.3) is 10.8 Å². The van der Waals surface area contributed by atoms with Gasteiger partial charge in [0.1, 0.15) is 24.0 Å². The molecule has 0 spiro atoms. The number of hydrogen-bond acceptors (Lipinski definition) is 6. The molecule has 3 aromatic rings. The number of hydrogen-bond donors (Lipinski definition) is 1. The summed E-state index contributed by atoms with van der Waals surface area (Å²) in [6, 6.07) is 22.0. The summed E-state index contributed by atoms with van der Waals surface area (Å²) in [5.74, 6) is 1.18. The zero-order valence-electron chi connectivity index (χ0n) is 19.5. The molecule has 2 aliphatic rings. The smallest absolute Gasteiger partial charge is 0.205 e. The van der Waals surface area contributed by atoms with Gasteiger partial charge in [0.15, 0.2) is 17.3 Å². The first-order valence-electron chi connectivity index (χ1n) is 11.8. The maximum atomic E-state index is 12.9. The normalized spacial score (nSPS) is 17.6. The molecule has 6 heteroatoms. The summed E-state index contributed by atoms with van der Waals surface area (Å²) in [5, 5.41) is 12.1. The van der Waals surface area contributed by atoms with E-state index >= 15 is 0 Å². The number of carbonyl (C=O) groups is 1. The molecule has 3 aromatic carbocycles. The summed E-state index contributed by atoms with van der Waals surface area (Å²) >= 11 is 0. The zero-order chi connectivity index (χ0) is 24.4. The Kier molecular flexibility index (Phi) is 6.15. The molecular formula is C29H26N2O4. The van der Waals surface area contributed by atoms with Crippen LogP contribution < -0.4 is 15.2 Å². The lowest BCUT2D eigenvalue weighted by molar-refractivity contribution is -0.116. The summed E-state index contributed by atoms with van der Waals surface area (Å²) in [6.45, 7) is 2.72. The summed E-state index contributed by atoms with van der Waals surface area (Å²) in [6.07, 6.45) is 1.77. The van der Waals surface area contributed by atoms with Crippen molar-refractivity contribution in [1.82, 2.24) is 0 Å². The van der Waals surface area contributed by atoms with Crippen molar-refractivity contribution >= 4 is 16.6 Å². The molecule has 6 nitrogen and oxygen atoms in total. The van der Waals surface area contributed by atoms with Gasteiger partial charge in [0.25, 0.3) is 0 Å². The van der Waals surface area contributed by atoms with Crippen molar-refractivity contribution in [1.29, 1.82) is 5.26 Å². The lowest BCUT2D eigenvalue weighted by Gasteiger charge is -2.31. The van der Waals surface area contributed by atoms with Crippen LogP contribution in [0.2, 0.25) is 0 Å². The van der Waals surface area contributed by atoms with E-state index in [4.69, 9.17) is 19.9 Å². The van der Waals surface area contributed by atoms with Gasteiger partial charge in [0.2, 0.25) is 5.88 Å². The summed E-state index contributed by atoms with van der Waals surface area (Å²) in [5.41, 5.74) is 8.67. The van der Waals surface area contributed by atoms with Gasteiger partial charge in [-0.2, -0.15) is 5.26 Å². The molecule has 176 valence electrons. The highest BCUT2D eigenvalue weighted by Gasteiger charge is 2.38. The summed E-state index contributed by atoms with van der Waals surface area (Å²) in [4.78, 5) is 12.9. The number of carbonyl (C=O) groups excluding carboxylic acids is 1. The number of benzene rings is 3. The number of fused-ring (bicyclic) bond motifs is 1. The number of rotatable bonds is 6. The van der Waals surface area contributed by atoms with Crippen LogP contribution in [-0.2, 0) is 16.1 Å². The lowest BCUT2D eigenvalue weighted by atomic mass is 9.77. The van der Waals surface area contributed by atoms with Gasteiger partial charge >= 0.3 is 0 Å². The van der Waals surface area contributed by atoms with Gasteiger partial charge in [-0.3, -0.25) is 4.79 Å². The van der Waals surface area contributed by atoms with Crippen molar-refractivity contribution in [2.45, 2.75) is 38.7 Å². The Morgan fingerprint density at radius 3 is 2.71 bits per heavy atom. The number of nitrogens with two attached hydrogens (primary N) is 1. The number of ether oxygens (including phenoxy) is 3. The SMILES string of the molecule is CCOc1cc([C@H]2C(C#N)=C(N)OC3=C2C(=O)CCC3)ccc1OCc1cccc2ccccc12. The predicted molar refractivity (Wildman–Crippen MR) is 132 cm³/mol. The standard InChI is InChI=1S/C29H26N2O4/c1-2-33-26-15-19(27-22(16-30)29(31)35-25-12-6-11-23(32)28(25)27)13-14-24(26)34-17-20-9-5-8-18-7-3-4-10-21(18)20/h3-5,7-10,13-15,27H,2,6,11-12,17,31H2,1H3/t27-/m0/s1. The van der Waals surface area contributed by atoms with E-state index in [1.807, 2.05) is 43.3 Å². The lowest BCUT2D eigenvalue weighted by Crippen LogP contribution is -2.27. The quantitative estimate of drug-likeness (QED) is 0.506. The van der Waals surface area contributed by atoms with Crippen molar-refractivity contribution in [2.75, 3.05) is 6.61 Å². The molecule has 2 N–H and O–H groups in total. The average Bonchev–Trinajstić information content (AvgIpc) is 2.87. The minimum atomic E-state index is -0.581. The average molecular weight is 467 g/mol. The second-order valence-electron chi connectivity index (χ2n) is 8.60. The van der Waals surface area contributed by atoms with Gasteiger partial charge in [-0.05, 0) is 47.4 Å². The predicted octanol–water partition coefficient (Wildman–Crippen LogP) is 5.63. The van der Waals surface area contributed by atoms with E-state index in [1.54, 1.807) is 0 Å². The van der Waals surface area contributed by atoms with Crippen LogP contribution in [0.15, 0.2) is 83.5 Å². The van der Waals surface area contributed by atoms with Crippen LogP contribution in [0.5, 0.6) is 11.5 Å². The fraction of sp³-hybridized carbons (Fsp3) is 0.241. The van der Waals surface area contributed by atoms with E-state index in [2.05, 4.69) is 30.3 Å². The Hall–Kier alpha value is -4.24. The van der Waals surface area contributed by atoms with Crippen LogP contribution in [0.4, 0.5) is 0 Å². The van der Waals surface area contributed by atoms with E-state index in [0.717, 1.165) is 21.9 Å². The minimum absolute atomic E-state index is 0.00857. The van der Waals surface area contributed by atoms with Gasteiger partial charge in [0.05, 0.1) is 12.5 Å². The number of Topliss-reactive ketones (excluding diaryl/α,β-unsaturated/α-hetero) is 1. The first-order valence-corrected chi connectivity index (χ1v) is 11.8. The Morgan fingerprint density at radius 1 is 1.06 bits per heavy atom. The van der Waals surface area contributed by atoms with Crippen LogP contribution in [0, 0.1) is 11.3 Å². The third-order valence-corrected chi connectivity index (χ3v) is 6.47. The molecule has 0 fully saturated rings. The number of allylic oxidation sites excluding steroid dienone is 3. The largest absolute Gasteiger partial charge is 0.490 e. The second kappa shape index (κ2) is 9.55. The van der Waals surface area contributed by atoms with Crippen LogP contribution >= 0.6 is 0 Å². The zero-order valence-corrected chi connectivity index (χ0v) is 19.5. The molecule has 1 aliphatic carbocycles. The molecule has 0 radical (unpaired) electrons. The molecule has 5 rings (SSSR count). The molecule has 0 saturated heterocycles. The van der Waals surface area contributed by atoms with Gasteiger partial charge in [-0.25, -0.2) is 0 Å². The number of ketones is 1. The molecular weight excluding hydrogens is 440 g/mol. The van der Waals surface area contributed by atoms with Crippen molar-refractivity contribution in [3.05, 3.63) is 94.6 Å². The summed E-state index contributed by atoms with van der Waals surface area (Å²) in [7, 11) is 0. The highest BCUT2D eigenvalue weighted by molar-refractivity contribution is 5.99. The van der Waals surface area contributed by atoms with E-state index in [-0.39, 0.29) is 17.2 Å². The molecule has 0 saturated carbocycles. The molecule has 1 aliphatic heterocycles. The Labute approximate surface area is 204 Å². The van der Waals surface area contributed by atoms with Crippen molar-refractivity contribution < 1.29 is 19.0 Å². The number of nitrogens with zero attached hydrogens (tertiary/aromatic N) is 1. The monoisotopic (exact) mass is 466 g/mol. The van der Waals surface area contributed by atoms with Crippen LogP contribution in [0.1, 0.15) is 43.2 Å². The Balaban J connectivity index is 1.50. The molecule has 35 heavy (non-hydrogen) atoms. The fourth-order valence-corrected chi connectivity index (χ4v) is 4.86. The van der Waals surface area contributed by atoms with Gasteiger partial charge in [-0.15, -0.1) is 0 Å². The van der Waals surface area contributed by atoms with Gasteiger partial charge in [-0.1, -0.05) is 48.5 Å². The van der Waals surface area contributed by atoms with E-state index in [9.17, 15) is 10.1 Å². The third-order valence-electron chi connectivity index (χ3n) is 6.47. The first kappa shape index (κ1) is 22.5. The maximum Gasteiger partial charge on any atom is 0.205 e. The van der Waals surface area contributed by atoms with Gasteiger partial charge < -0.3 is 19.9 Å². The topological polar surface area (TPSA) is 94.6 Å². The maximum absolute atomic E-state index is 12.9. The van der Waals surface area contributed by atoms with Crippen LogP contribution in [0.3, 0.4) is 0 Å². The number of nitriles is 1. The first-order chi connectivity index (χ1) is 17.1. The van der Waals surface area contributed by atoms with E-state index in [1.165, 1.54) is 0 Å². The Bertz CT molecular complexity index is 1410. The highest BCUT2D eigenvalue weighted by Crippen LogP contribution is 2.45. The van der Waals surface area contributed by atoms with E-state index in [0.29, 0.717) is 55.3 Å². The Morgan fingerprint density at radius 2 is 1.89 bits per heavy atom. The second-order valence-corrected chi connectivity index (χ2v) is 8.60. The fourth-order valence-electron chi connectivity index (χ4n) is 4.86. The van der Waals surface area contributed by atoms with Crippen molar-refractivity contribution in [2.24, 2.45) is 5.73 Å². The van der Waals surface area contributed by atoms with Crippen molar-refractivity contribution in [3.63, 3.8) is 0 Å².